The number of aryl methyl sites for hydroxylation is 1. The Morgan fingerprint density at radius 3 is 3.05 bits per heavy atom. The highest BCUT2D eigenvalue weighted by atomic mass is 16.5. The molecular weight excluding hydrogens is 248 g/mol. The van der Waals surface area contributed by atoms with Crippen LogP contribution in [0.15, 0.2) is 18.2 Å². The summed E-state index contributed by atoms with van der Waals surface area (Å²) in [7, 11) is 0. The van der Waals surface area contributed by atoms with E-state index in [0.29, 0.717) is 6.04 Å². The standard InChI is InChI=1S/C17H26N2O/c1-12-3-2-4-15(12)16(19-18)7-5-13-6-8-17-14(11-13)9-10-20-17/h6,8,11-12,15-16,19H,2-5,7,9-10,18H2,1H3. The van der Waals surface area contributed by atoms with E-state index in [1.54, 1.807) is 0 Å². The van der Waals surface area contributed by atoms with Crippen LogP contribution in [0.5, 0.6) is 5.75 Å². The average molecular weight is 274 g/mol. The molecule has 1 aliphatic carbocycles. The van der Waals surface area contributed by atoms with E-state index in [1.807, 2.05) is 0 Å². The minimum atomic E-state index is 0.456. The summed E-state index contributed by atoms with van der Waals surface area (Å²) in [5.74, 6) is 8.43. The molecule has 0 aromatic heterocycles. The van der Waals surface area contributed by atoms with E-state index in [1.165, 1.54) is 30.4 Å². The topological polar surface area (TPSA) is 47.3 Å². The predicted molar refractivity (Wildman–Crippen MR) is 81.6 cm³/mol. The van der Waals surface area contributed by atoms with Crippen LogP contribution in [0.3, 0.4) is 0 Å². The summed E-state index contributed by atoms with van der Waals surface area (Å²) in [5.41, 5.74) is 5.86. The lowest BCUT2D eigenvalue weighted by molar-refractivity contribution is 0.286. The van der Waals surface area contributed by atoms with Crippen LogP contribution in [0.4, 0.5) is 0 Å². The molecule has 0 bridgehead atoms. The van der Waals surface area contributed by atoms with Gasteiger partial charge in [-0.2, -0.15) is 0 Å². The lowest BCUT2D eigenvalue weighted by Gasteiger charge is -2.26. The molecule has 1 saturated carbocycles. The van der Waals surface area contributed by atoms with Crippen LogP contribution in [0.2, 0.25) is 0 Å². The van der Waals surface area contributed by atoms with Gasteiger partial charge in [0.15, 0.2) is 0 Å². The number of nitrogens with two attached hydrogens (primary N) is 1. The van der Waals surface area contributed by atoms with E-state index in [0.717, 1.165) is 43.5 Å². The number of fused-ring (bicyclic) bond motifs is 1. The summed E-state index contributed by atoms with van der Waals surface area (Å²) in [4.78, 5) is 0. The van der Waals surface area contributed by atoms with Crippen molar-refractivity contribution in [1.82, 2.24) is 5.43 Å². The molecule has 0 radical (unpaired) electrons. The van der Waals surface area contributed by atoms with E-state index >= 15 is 0 Å². The molecule has 1 fully saturated rings. The van der Waals surface area contributed by atoms with E-state index < -0.39 is 0 Å². The summed E-state index contributed by atoms with van der Waals surface area (Å²) < 4.78 is 5.56. The molecule has 0 spiro atoms. The maximum atomic E-state index is 5.80. The van der Waals surface area contributed by atoms with Gasteiger partial charge in [-0.3, -0.25) is 11.3 Å². The molecule has 3 heteroatoms. The molecule has 1 aromatic rings. The van der Waals surface area contributed by atoms with Crippen molar-refractivity contribution in [1.29, 1.82) is 0 Å². The highest BCUT2D eigenvalue weighted by molar-refractivity contribution is 5.39. The maximum absolute atomic E-state index is 5.80. The second-order valence-electron chi connectivity index (χ2n) is 6.42. The van der Waals surface area contributed by atoms with Gasteiger partial charge in [0.05, 0.1) is 6.61 Å². The zero-order valence-electron chi connectivity index (χ0n) is 12.4. The Morgan fingerprint density at radius 1 is 1.40 bits per heavy atom. The third-order valence-electron chi connectivity index (χ3n) is 5.16. The molecule has 3 rings (SSSR count). The minimum Gasteiger partial charge on any atom is -0.493 e. The van der Waals surface area contributed by atoms with Gasteiger partial charge in [0.2, 0.25) is 0 Å². The molecule has 0 saturated heterocycles. The van der Waals surface area contributed by atoms with Gasteiger partial charge in [-0.15, -0.1) is 0 Å². The van der Waals surface area contributed by atoms with Crippen molar-refractivity contribution in [3.8, 4) is 5.75 Å². The maximum Gasteiger partial charge on any atom is 0.122 e. The highest BCUT2D eigenvalue weighted by Gasteiger charge is 2.30. The molecule has 3 nitrogen and oxygen atoms in total. The van der Waals surface area contributed by atoms with Crippen molar-refractivity contribution < 1.29 is 4.74 Å². The van der Waals surface area contributed by atoms with Crippen molar-refractivity contribution in [2.75, 3.05) is 6.61 Å². The van der Waals surface area contributed by atoms with E-state index in [2.05, 4.69) is 30.5 Å². The molecule has 1 aromatic carbocycles. The number of hydrazine groups is 1. The second-order valence-corrected chi connectivity index (χ2v) is 6.42. The lowest BCUT2D eigenvalue weighted by Crippen LogP contribution is -2.42. The molecule has 3 atom stereocenters. The van der Waals surface area contributed by atoms with E-state index in [-0.39, 0.29) is 0 Å². The fourth-order valence-electron chi connectivity index (χ4n) is 3.91. The Hall–Kier alpha value is -1.06. The molecular formula is C17H26N2O. The number of rotatable bonds is 5. The quantitative estimate of drug-likeness (QED) is 0.641. The first kappa shape index (κ1) is 13.9. The molecule has 3 N–H and O–H groups in total. The van der Waals surface area contributed by atoms with Crippen LogP contribution in [-0.2, 0) is 12.8 Å². The second kappa shape index (κ2) is 6.15. The summed E-state index contributed by atoms with van der Waals surface area (Å²) in [6.45, 7) is 3.21. The first-order valence-electron chi connectivity index (χ1n) is 7.98. The van der Waals surface area contributed by atoms with Gasteiger partial charge in [0, 0.05) is 12.5 Å². The third-order valence-corrected chi connectivity index (χ3v) is 5.16. The molecule has 1 aliphatic heterocycles. The fourth-order valence-corrected chi connectivity index (χ4v) is 3.91. The summed E-state index contributed by atoms with van der Waals surface area (Å²) in [6, 6.07) is 7.10. The molecule has 20 heavy (non-hydrogen) atoms. The van der Waals surface area contributed by atoms with Crippen LogP contribution < -0.4 is 16.0 Å². The normalized spacial score (nSPS) is 26.3. The van der Waals surface area contributed by atoms with Crippen LogP contribution in [0.25, 0.3) is 0 Å². The van der Waals surface area contributed by atoms with Gasteiger partial charge in [-0.1, -0.05) is 31.9 Å². The van der Waals surface area contributed by atoms with Gasteiger partial charge < -0.3 is 4.74 Å². The van der Waals surface area contributed by atoms with Gasteiger partial charge >= 0.3 is 0 Å². The lowest BCUT2D eigenvalue weighted by atomic mass is 9.87. The van der Waals surface area contributed by atoms with E-state index in [9.17, 15) is 0 Å². The van der Waals surface area contributed by atoms with Crippen molar-refractivity contribution in [3.63, 3.8) is 0 Å². The van der Waals surface area contributed by atoms with E-state index in [4.69, 9.17) is 10.6 Å². The number of hydrogen-bond acceptors (Lipinski definition) is 3. The molecule has 0 amide bonds. The molecule has 2 aliphatic rings. The number of benzene rings is 1. The Balaban J connectivity index is 1.60. The fraction of sp³-hybridized carbons (Fsp3) is 0.647. The Kier molecular flexibility index (Phi) is 4.27. The van der Waals surface area contributed by atoms with Crippen LogP contribution in [-0.4, -0.2) is 12.6 Å². The number of ether oxygens (including phenoxy) is 1. The van der Waals surface area contributed by atoms with Crippen LogP contribution in [0, 0.1) is 11.8 Å². The van der Waals surface area contributed by atoms with Crippen molar-refractivity contribution in [2.45, 2.75) is 51.5 Å². The zero-order chi connectivity index (χ0) is 13.9. The monoisotopic (exact) mass is 274 g/mol. The Bertz CT molecular complexity index is 460. The zero-order valence-corrected chi connectivity index (χ0v) is 12.4. The van der Waals surface area contributed by atoms with Crippen molar-refractivity contribution >= 4 is 0 Å². The minimum absolute atomic E-state index is 0.456. The highest BCUT2D eigenvalue weighted by Crippen LogP contribution is 2.35. The predicted octanol–water partition coefficient (Wildman–Crippen LogP) is 2.82. The average Bonchev–Trinajstić information content (AvgIpc) is 3.08. The van der Waals surface area contributed by atoms with Crippen LogP contribution >= 0.6 is 0 Å². The first-order chi connectivity index (χ1) is 9.78. The third kappa shape index (κ3) is 2.84. The SMILES string of the molecule is CC1CCCC1C(CCc1ccc2c(c1)CCO2)NN. The first-order valence-corrected chi connectivity index (χ1v) is 7.98. The number of nitrogens with one attached hydrogen (secondary N) is 1. The number of hydrogen-bond donors (Lipinski definition) is 2. The molecule has 3 unspecified atom stereocenters. The smallest absolute Gasteiger partial charge is 0.122 e. The van der Waals surface area contributed by atoms with Crippen LogP contribution in [0.1, 0.15) is 43.7 Å². The van der Waals surface area contributed by atoms with Gasteiger partial charge in [-0.05, 0) is 48.3 Å². The van der Waals surface area contributed by atoms with Gasteiger partial charge in [0.25, 0.3) is 0 Å². The van der Waals surface area contributed by atoms with Gasteiger partial charge in [-0.25, -0.2) is 0 Å². The Morgan fingerprint density at radius 2 is 2.30 bits per heavy atom. The van der Waals surface area contributed by atoms with Gasteiger partial charge in [0.1, 0.15) is 5.75 Å². The molecule has 110 valence electrons. The Labute approximate surface area is 121 Å². The summed E-state index contributed by atoms with van der Waals surface area (Å²) in [5, 5.41) is 0. The largest absolute Gasteiger partial charge is 0.493 e. The summed E-state index contributed by atoms with van der Waals surface area (Å²) >= 11 is 0. The van der Waals surface area contributed by atoms with Crippen molar-refractivity contribution in [3.05, 3.63) is 29.3 Å². The summed E-state index contributed by atoms with van der Waals surface area (Å²) in [6.07, 6.45) is 7.34. The van der Waals surface area contributed by atoms with Crippen molar-refractivity contribution in [2.24, 2.45) is 17.7 Å². The molecule has 1 heterocycles.